The Morgan fingerprint density at radius 1 is 1.57 bits per heavy atom. The van der Waals surface area contributed by atoms with Gasteiger partial charge >= 0.3 is 0 Å². The maximum absolute atomic E-state index is 11.4. The van der Waals surface area contributed by atoms with Crippen LogP contribution in [0.5, 0.6) is 0 Å². The van der Waals surface area contributed by atoms with E-state index >= 15 is 0 Å². The highest BCUT2D eigenvalue weighted by Gasteiger charge is 2.24. The van der Waals surface area contributed by atoms with Crippen molar-refractivity contribution in [1.82, 2.24) is 8.43 Å². The second kappa shape index (κ2) is 5.55. The van der Waals surface area contributed by atoms with Crippen LogP contribution in [0.15, 0.2) is 11.8 Å². The second-order valence-corrected chi connectivity index (χ2v) is 4.12. The van der Waals surface area contributed by atoms with Crippen molar-refractivity contribution in [2.45, 2.75) is 12.8 Å². The highest BCUT2D eigenvalue weighted by Crippen LogP contribution is 2.23. The second-order valence-electron chi connectivity index (χ2n) is 3.59. The van der Waals surface area contributed by atoms with Crippen molar-refractivity contribution >= 4 is 28.8 Å². The molecular weight excluding hydrogens is 295 g/mol. The fraction of sp³-hybridized carbons (Fsp3) is 0.667. The quantitative estimate of drug-likeness (QED) is 0.349. The van der Waals surface area contributed by atoms with Crippen LogP contribution in [0.4, 0.5) is 0 Å². The van der Waals surface area contributed by atoms with Crippen LogP contribution in [0.1, 0.15) is 12.8 Å². The van der Waals surface area contributed by atoms with Gasteiger partial charge in [0, 0.05) is 0 Å². The summed E-state index contributed by atoms with van der Waals surface area (Å²) in [5, 5.41) is 9.01. The van der Waals surface area contributed by atoms with E-state index in [1.807, 2.05) is 0 Å². The number of nitrogens with one attached hydrogen (secondary N) is 1. The predicted molar refractivity (Wildman–Crippen MR) is 63.1 cm³/mol. The summed E-state index contributed by atoms with van der Waals surface area (Å²) in [6, 6.07) is 0. The Bertz CT molecular complexity index is 235. The van der Waals surface area contributed by atoms with E-state index in [9.17, 15) is 4.79 Å². The van der Waals surface area contributed by atoms with E-state index in [2.05, 4.69) is 15.5 Å². The number of carbonyl (C=O) groups excluding carboxylic acids is 1. The van der Waals surface area contributed by atoms with Gasteiger partial charge in [-0.05, 0) is 38.9 Å². The van der Waals surface area contributed by atoms with Crippen LogP contribution in [-0.2, 0) is 4.79 Å². The largest absolute Gasteiger partial charge is 0.515 e. The number of amides is 1. The van der Waals surface area contributed by atoms with Crippen LogP contribution in [0, 0.1) is 5.92 Å². The van der Waals surface area contributed by atoms with E-state index in [-0.39, 0.29) is 11.8 Å². The molecule has 0 spiro atoms. The summed E-state index contributed by atoms with van der Waals surface area (Å²) in [5.41, 5.74) is 0.507. The zero-order valence-corrected chi connectivity index (χ0v) is 10.3. The van der Waals surface area contributed by atoms with E-state index in [0.29, 0.717) is 5.57 Å². The topological polar surface area (TPSA) is 52.6 Å². The van der Waals surface area contributed by atoms with Crippen molar-refractivity contribution in [3.8, 4) is 0 Å². The molecule has 0 aromatic heterocycles. The van der Waals surface area contributed by atoms with Crippen molar-refractivity contribution < 1.29 is 9.90 Å². The summed E-state index contributed by atoms with van der Waals surface area (Å²) in [7, 11) is 2.07. The van der Waals surface area contributed by atoms with E-state index < -0.39 is 0 Å². The third-order valence-corrected chi connectivity index (χ3v) is 3.14. The number of nitrogens with zero attached hydrogens (tertiary/aromatic N) is 1. The summed E-state index contributed by atoms with van der Waals surface area (Å²) in [6.45, 7) is 1.97. The maximum atomic E-state index is 11.4. The molecule has 0 aliphatic carbocycles. The number of hydrogen-bond acceptors (Lipinski definition) is 3. The standard InChI is InChI=1S/C9H15IN2O2/c1-12-4-2-7(3-5-12)8(6-13)9(14)11-10/h6-7,13H,2-5H2,1H3,(H,11,14)/b8-6-. The van der Waals surface area contributed by atoms with Gasteiger partial charge in [-0.25, -0.2) is 0 Å². The van der Waals surface area contributed by atoms with Crippen molar-refractivity contribution in [3.63, 3.8) is 0 Å². The molecule has 1 amide bonds. The Hall–Kier alpha value is -0.300. The normalized spacial score (nSPS) is 20.9. The number of carbonyl (C=O) groups is 1. The monoisotopic (exact) mass is 310 g/mol. The van der Waals surface area contributed by atoms with Gasteiger partial charge in [-0.1, -0.05) is 0 Å². The molecule has 0 bridgehead atoms. The number of halogens is 1. The average Bonchev–Trinajstić information content (AvgIpc) is 2.21. The SMILES string of the molecule is CN1CCC(/C(=C/O)C(=O)NI)CC1. The van der Waals surface area contributed by atoms with Crippen molar-refractivity contribution in [2.24, 2.45) is 5.92 Å². The van der Waals surface area contributed by atoms with E-state index in [0.717, 1.165) is 32.2 Å². The molecular formula is C9H15IN2O2. The van der Waals surface area contributed by atoms with Crippen LogP contribution >= 0.6 is 22.9 Å². The number of hydrogen-bond donors (Lipinski definition) is 2. The molecule has 0 atom stereocenters. The number of aliphatic hydroxyl groups excluding tert-OH is 1. The lowest BCUT2D eigenvalue weighted by atomic mass is 9.89. The van der Waals surface area contributed by atoms with E-state index in [1.54, 1.807) is 22.9 Å². The van der Waals surface area contributed by atoms with Gasteiger partial charge in [-0.15, -0.1) is 0 Å². The summed E-state index contributed by atoms with van der Waals surface area (Å²) in [4.78, 5) is 13.6. The molecule has 80 valence electrons. The molecule has 0 unspecified atom stereocenters. The molecule has 0 saturated carbocycles. The maximum Gasteiger partial charge on any atom is 0.259 e. The Morgan fingerprint density at radius 3 is 2.57 bits per heavy atom. The molecule has 1 aliphatic rings. The van der Waals surface area contributed by atoms with Gasteiger partial charge < -0.3 is 10.0 Å². The fourth-order valence-corrected chi connectivity index (χ4v) is 2.03. The van der Waals surface area contributed by atoms with Crippen LogP contribution in [0.2, 0.25) is 0 Å². The predicted octanol–water partition coefficient (Wildman–Crippen LogP) is 1.24. The summed E-state index contributed by atoms with van der Waals surface area (Å²) < 4.78 is 2.51. The van der Waals surface area contributed by atoms with E-state index in [4.69, 9.17) is 5.11 Å². The molecule has 0 radical (unpaired) electrons. The van der Waals surface area contributed by atoms with Crippen LogP contribution in [0.3, 0.4) is 0 Å². The molecule has 4 nitrogen and oxygen atoms in total. The van der Waals surface area contributed by atoms with Gasteiger partial charge in [0.25, 0.3) is 5.91 Å². The summed E-state index contributed by atoms with van der Waals surface area (Å²) in [6.07, 6.45) is 2.82. The Labute approximate surface area is 97.8 Å². The Morgan fingerprint density at radius 2 is 2.14 bits per heavy atom. The zero-order chi connectivity index (χ0) is 10.6. The minimum absolute atomic E-state index is 0.178. The van der Waals surface area contributed by atoms with Crippen LogP contribution in [-0.4, -0.2) is 36.1 Å². The van der Waals surface area contributed by atoms with Crippen molar-refractivity contribution in [2.75, 3.05) is 20.1 Å². The molecule has 5 heteroatoms. The summed E-state index contributed by atoms with van der Waals surface area (Å²) in [5.74, 6) is 0.0219. The van der Waals surface area contributed by atoms with Gasteiger partial charge in [0.15, 0.2) is 0 Å². The minimum atomic E-state index is -0.178. The van der Waals surface area contributed by atoms with Gasteiger partial charge in [0.1, 0.15) is 0 Å². The molecule has 1 saturated heterocycles. The number of rotatable bonds is 2. The molecule has 0 aromatic rings. The molecule has 1 heterocycles. The first-order valence-corrected chi connectivity index (χ1v) is 5.70. The number of aliphatic hydroxyl groups is 1. The molecule has 0 aromatic carbocycles. The molecule has 1 aliphatic heterocycles. The molecule has 1 rings (SSSR count). The first-order valence-electron chi connectivity index (χ1n) is 4.62. The van der Waals surface area contributed by atoms with Crippen molar-refractivity contribution in [1.29, 1.82) is 0 Å². The first kappa shape index (κ1) is 11.8. The van der Waals surface area contributed by atoms with Gasteiger partial charge in [0.2, 0.25) is 0 Å². The van der Waals surface area contributed by atoms with Gasteiger partial charge in [0.05, 0.1) is 34.7 Å². The zero-order valence-electron chi connectivity index (χ0n) is 8.16. The van der Waals surface area contributed by atoms with Gasteiger partial charge in [-0.2, -0.15) is 0 Å². The van der Waals surface area contributed by atoms with Crippen LogP contribution in [0.25, 0.3) is 0 Å². The minimum Gasteiger partial charge on any atom is -0.515 e. The number of piperidine rings is 1. The average molecular weight is 310 g/mol. The van der Waals surface area contributed by atoms with E-state index in [1.165, 1.54) is 0 Å². The van der Waals surface area contributed by atoms with Gasteiger partial charge in [-0.3, -0.25) is 8.32 Å². The number of likely N-dealkylation sites (tertiary alicyclic amines) is 1. The Balaban J connectivity index is 2.59. The third-order valence-electron chi connectivity index (χ3n) is 2.65. The smallest absolute Gasteiger partial charge is 0.259 e. The third kappa shape index (κ3) is 2.84. The Kier molecular flexibility index (Phi) is 4.67. The molecule has 2 N–H and O–H groups in total. The summed E-state index contributed by atoms with van der Waals surface area (Å²) >= 11 is 1.79. The van der Waals surface area contributed by atoms with Crippen LogP contribution < -0.4 is 3.53 Å². The molecule has 14 heavy (non-hydrogen) atoms. The lowest BCUT2D eigenvalue weighted by molar-refractivity contribution is -0.116. The molecule has 1 fully saturated rings. The van der Waals surface area contributed by atoms with Crippen molar-refractivity contribution in [3.05, 3.63) is 11.8 Å². The lowest BCUT2D eigenvalue weighted by Crippen LogP contribution is -2.33. The lowest BCUT2D eigenvalue weighted by Gasteiger charge is -2.29. The first-order chi connectivity index (χ1) is 6.69. The fourth-order valence-electron chi connectivity index (χ4n) is 1.72. The highest BCUT2D eigenvalue weighted by atomic mass is 127. The highest BCUT2D eigenvalue weighted by molar-refractivity contribution is 14.1.